The first-order valence-corrected chi connectivity index (χ1v) is 7.62. The molecule has 0 aliphatic heterocycles. The summed E-state index contributed by atoms with van der Waals surface area (Å²) in [5, 5.41) is 33.7. The van der Waals surface area contributed by atoms with Crippen molar-refractivity contribution >= 4 is 28.9 Å². The number of aliphatic carboxylic acids is 1. The Morgan fingerprint density at radius 3 is 2.22 bits per heavy atom. The molecular weight excluding hydrogens is 352 g/mol. The van der Waals surface area contributed by atoms with Gasteiger partial charge in [0, 0.05) is 29.7 Å². The lowest BCUT2D eigenvalue weighted by Gasteiger charge is -2.06. The van der Waals surface area contributed by atoms with E-state index in [4.69, 9.17) is 10.4 Å². The van der Waals surface area contributed by atoms with E-state index in [2.05, 4.69) is 10.6 Å². The minimum absolute atomic E-state index is 0.1000. The van der Waals surface area contributed by atoms with Gasteiger partial charge in [0.25, 0.3) is 11.6 Å². The van der Waals surface area contributed by atoms with Crippen LogP contribution in [0.15, 0.2) is 60.3 Å². The first-order chi connectivity index (χ1) is 12.9. The number of nitrogens with one attached hydrogen (secondary N) is 2. The number of nitro benzene ring substituents is 1. The molecule has 27 heavy (non-hydrogen) atoms. The maximum Gasteiger partial charge on any atom is 0.307 e. The molecule has 0 heterocycles. The van der Waals surface area contributed by atoms with Crippen LogP contribution in [0.2, 0.25) is 0 Å². The summed E-state index contributed by atoms with van der Waals surface area (Å²) in [4.78, 5) is 32.8. The van der Waals surface area contributed by atoms with E-state index in [1.54, 1.807) is 30.3 Å². The molecule has 0 aromatic heterocycles. The highest BCUT2D eigenvalue weighted by atomic mass is 16.6. The molecule has 0 aliphatic carbocycles. The average molecular weight is 366 g/mol. The topological polar surface area (TPSA) is 145 Å². The Bertz CT molecular complexity index is 928. The van der Waals surface area contributed by atoms with Gasteiger partial charge in [0.2, 0.25) is 0 Å². The second kappa shape index (κ2) is 8.77. The van der Waals surface area contributed by atoms with E-state index in [9.17, 15) is 19.7 Å². The number of amides is 1. The van der Waals surface area contributed by atoms with Gasteiger partial charge in [-0.1, -0.05) is 12.1 Å². The van der Waals surface area contributed by atoms with Gasteiger partial charge in [-0.15, -0.1) is 0 Å². The van der Waals surface area contributed by atoms with Gasteiger partial charge in [-0.2, -0.15) is 5.26 Å². The summed E-state index contributed by atoms with van der Waals surface area (Å²) < 4.78 is 0. The fourth-order valence-electron chi connectivity index (χ4n) is 2.06. The smallest absolute Gasteiger partial charge is 0.307 e. The fraction of sp³-hybridized carbons (Fsp3) is 0.0556. The molecule has 9 heteroatoms. The van der Waals surface area contributed by atoms with Gasteiger partial charge >= 0.3 is 5.97 Å². The SMILES string of the molecule is N#C/C(=C/Nc1ccc(CC(=O)O)cc1)C(=O)Nc1ccc([N+](=O)[O-])cc1. The highest BCUT2D eigenvalue weighted by molar-refractivity contribution is 6.06. The molecule has 2 aromatic rings. The molecule has 3 N–H and O–H groups in total. The molecule has 0 bridgehead atoms. The predicted molar refractivity (Wildman–Crippen MR) is 96.8 cm³/mol. The number of carboxylic acid groups (broad SMARTS) is 1. The van der Waals surface area contributed by atoms with Crippen LogP contribution in [0.1, 0.15) is 5.56 Å². The number of rotatable bonds is 7. The second-order valence-electron chi connectivity index (χ2n) is 5.34. The minimum Gasteiger partial charge on any atom is -0.481 e. The Morgan fingerprint density at radius 2 is 1.70 bits per heavy atom. The molecule has 2 aromatic carbocycles. The van der Waals surface area contributed by atoms with Gasteiger partial charge < -0.3 is 15.7 Å². The Morgan fingerprint density at radius 1 is 1.11 bits per heavy atom. The average Bonchev–Trinajstić information content (AvgIpc) is 2.63. The van der Waals surface area contributed by atoms with Crippen LogP contribution in [-0.4, -0.2) is 21.9 Å². The number of anilines is 2. The molecule has 0 aliphatic rings. The van der Waals surface area contributed by atoms with Crippen LogP contribution in [0, 0.1) is 21.4 Å². The lowest BCUT2D eigenvalue weighted by Crippen LogP contribution is -2.14. The fourth-order valence-corrected chi connectivity index (χ4v) is 2.06. The van der Waals surface area contributed by atoms with E-state index in [0.717, 1.165) is 0 Å². The van der Waals surface area contributed by atoms with Crippen molar-refractivity contribution in [3.05, 3.63) is 76.0 Å². The molecule has 0 saturated carbocycles. The molecular formula is C18H14N4O5. The van der Waals surface area contributed by atoms with Crippen LogP contribution in [0.25, 0.3) is 0 Å². The molecule has 0 atom stereocenters. The third-order valence-electron chi connectivity index (χ3n) is 3.39. The zero-order chi connectivity index (χ0) is 19.8. The zero-order valence-corrected chi connectivity index (χ0v) is 13.9. The number of carboxylic acids is 1. The summed E-state index contributed by atoms with van der Waals surface area (Å²) >= 11 is 0. The van der Waals surface area contributed by atoms with Crippen LogP contribution in [0.3, 0.4) is 0 Å². The number of benzene rings is 2. The highest BCUT2D eigenvalue weighted by Gasteiger charge is 2.11. The van der Waals surface area contributed by atoms with Crippen LogP contribution in [0.5, 0.6) is 0 Å². The van der Waals surface area contributed by atoms with Crippen LogP contribution in [-0.2, 0) is 16.0 Å². The second-order valence-corrected chi connectivity index (χ2v) is 5.34. The number of hydrogen-bond acceptors (Lipinski definition) is 6. The minimum atomic E-state index is -0.940. The maximum atomic E-state index is 12.1. The number of nitrogens with zero attached hydrogens (tertiary/aromatic N) is 2. The lowest BCUT2D eigenvalue weighted by atomic mass is 10.1. The monoisotopic (exact) mass is 366 g/mol. The van der Waals surface area contributed by atoms with Crippen molar-refractivity contribution in [3.63, 3.8) is 0 Å². The molecule has 0 spiro atoms. The van der Waals surface area contributed by atoms with Gasteiger partial charge in [-0.25, -0.2) is 0 Å². The van der Waals surface area contributed by atoms with E-state index in [-0.39, 0.29) is 17.7 Å². The first-order valence-electron chi connectivity index (χ1n) is 7.62. The Kier molecular flexibility index (Phi) is 6.22. The number of carbonyl (C=O) groups is 2. The van der Waals surface area contributed by atoms with E-state index >= 15 is 0 Å². The van der Waals surface area contributed by atoms with Gasteiger partial charge in [-0.3, -0.25) is 19.7 Å². The summed E-state index contributed by atoms with van der Waals surface area (Å²) in [5.41, 5.74) is 1.18. The van der Waals surface area contributed by atoms with Crippen molar-refractivity contribution in [1.82, 2.24) is 0 Å². The number of nitro groups is 1. The van der Waals surface area contributed by atoms with Crippen molar-refractivity contribution in [2.24, 2.45) is 0 Å². The van der Waals surface area contributed by atoms with E-state index in [1.165, 1.54) is 30.5 Å². The van der Waals surface area contributed by atoms with Gasteiger partial charge in [0.1, 0.15) is 11.6 Å². The van der Waals surface area contributed by atoms with Gasteiger partial charge in [-0.05, 0) is 29.8 Å². The Balaban J connectivity index is 2.02. The van der Waals surface area contributed by atoms with Crippen molar-refractivity contribution in [2.75, 3.05) is 10.6 Å². The first kappa shape index (κ1) is 19.1. The van der Waals surface area contributed by atoms with Gasteiger partial charge in [0.05, 0.1) is 11.3 Å². The predicted octanol–water partition coefficient (Wildman–Crippen LogP) is 2.68. The standard InChI is InChI=1S/C18H14N4O5/c19-10-13(11-20-14-3-1-12(2-4-14)9-17(23)24)18(25)21-15-5-7-16(8-6-15)22(26)27/h1-8,11,20H,9H2,(H,21,25)(H,23,24)/b13-11-. The zero-order valence-electron chi connectivity index (χ0n) is 13.9. The van der Waals surface area contributed by atoms with Crippen LogP contribution in [0.4, 0.5) is 17.1 Å². The third kappa shape index (κ3) is 5.68. The van der Waals surface area contributed by atoms with Crippen molar-refractivity contribution in [2.45, 2.75) is 6.42 Å². The lowest BCUT2D eigenvalue weighted by molar-refractivity contribution is -0.384. The highest BCUT2D eigenvalue weighted by Crippen LogP contribution is 2.16. The molecule has 136 valence electrons. The number of non-ortho nitro benzene ring substituents is 1. The summed E-state index contributed by atoms with van der Waals surface area (Å²) in [6.07, 6.45) is 1.12. The molecule has 0 saturated heterocycles. The molecule has 0 unspecified atom stereocenters. The normalized spacial score (nSPS) is 10.6. The van der Waals surface area contributed by atoms with E-state index in [0.29, 0.717) is 16.9 Å². The van der Waals surface area contributed by atoms with Crippen molar-refractivity contribution in [1.29, 1.82) is 5.26 Å². The third-order valence-corrected chi connectivity index (χ3v) is 3.39. The quantitative estimate of drug-likeness (QED) is 0.295. The van der Waals surface area contributed by atoms with E-state index in [1.807, 2.05) is 0 Å². The summed E-state index contributed by atoms with van der Waals surface area (Å²) in [5.74, 6) is -1.62. The molecule has 0 fully saturated rings. The maximum absolute atomic E-state index is 12.1. The Labute approximate surface area is 153 Å². The molecule has 9 nitrogen and oxygen atoms in total. The van der Waals surface area contributed by atoms with Gasteiger partial charge in [0.15, 0.2) is 0 Å². The largest absolute Gasteiger partial charge is 0.481 e. The number of carbonyl (C=O) groups excluding carboxylic acids is 1. The summed E-state index contributed by atoms with van der Waals surface area (Å²) in [6.45, 7) is 0. The summed E-state index contributed by atoms with van der Waals surface area (Å²) in [6, 6.07) is 13.4. The summed E-state index contributed by atoms with van der Waals surface area (Å²) in [7, 11) is 0. The van der Waals surface area contributed by atoms with Crippen LogP contribution >= 0.6 is 0 Å². The Hall–Kier alpha value is -4.19. The number of hydrogen-bond donors (Lipinski definition) is 3. The molecule has 1 amide bonds. The molecule has 2 rings (SSSR count). The van der Waals surface area contributed by atoms with Crippen molar-refractivity contribution < 1.29 is 19.6 Å². The molecule has 0 radical (unpaired) electrons. The van der Waals surface area contributed by atoms with Crippen molar-refractivity contribution in [3.8, 4) is 6.07 Å². The van der Waals surface area contributed by atoms with E-state index < -0.39 is 16.8 Å². The number of nitriles is 1. The van der Waals surface area contributed by atoms with Crippen LogP contribution < -0.4 is 10.6 Å².